The van der Waals surface area contributed by atoms with Crippen molar-refractivity contribution < 1.29 is 14.3 Å². The van der Waals surface area contributed by atoms with Crippen LogP contribution in [-0.4, -0.2) is 34.9 Å². The number of carbonyl (C=O) groups is 2. The molecule has 5 N–H and O–H groups in total. The monoisotopic (exact) mass is 493 g/mol. The fourth-order valence-electron chi connectivity index (χ4n) is 4.35. The predicted molar refractivity (Wildman–Crippen MR) is 144 cm³/mol. The molecule has 0 radical (unpaired) electrons. The quantitative estimate of drug-likeness (QED) is 0.261. The minimum Gasteiger partial charge on any atom is -0.497 e. The van der Waals surface area contributed by atoms with E-state index in [4.69, 9.17) is 10.5 Å². The maximum Gasteiger partial charge on any atom is 0.268 e. The molecule has 186 valence electrons. The highest BCUT2D eigenvalue weighted by atomic mass is 16.5. The molecule has 0 saturated carbocycles. The first-order valence-corrected chi connectivity index (χ1v) is 11.9. The Hall–Kier alpha value is -4.85. The van der Waals surface area contributed by atoms with Crippen LogP contribution in [0, 0.1) is 0 Å². The zero-order valence-electron chi connectivity index (χ0n) is 20.3. The largest absolute Gasteiger partial charge is 0.497 e. The van der Waals surface area contributed by atoms with Crippen molar-refractivity contribution >= 4 is 39.3 Å². The lowest BCUT2D eigenvalue weighted by molar-refractivity contribution is -0.123. The van der Waals surface area contributed by atoms with Crippen LogP contribution in [0.25, 0.3) is 21.7 Å². The van der Waals surface area contributed by atoms with Gasteiger partial charge in [-0.1, -0.05) is 48.5 Å². The Labute approximate surface area is 213 Å². The maximum atomic E-state index is 13.3. The highest BCUT2D eigenvalue weighted by molar-refractivity contribution is 6.00. The van der Waals surface area contributed by atoms with Crippen LogP contribution in [-0.2, 0) is 17.8 Å². The summed E-state index contributed by atoms with van der Waals surface area (Å²) in [5.74, 6) is 0.441. The molecule has 8 heteroatoms. The Kier molecular flexibility index (Phi) is 6.72. The summed E-state index contributed by atoms with van der Waals surface area (Å²) in [5.41, 5.74) is 8.60. The first-order chi connectivity index (χ1) is 18.0. The van der Waals surface area contributed by atoms with Crippen molar-refractivity contribution in [1.29, 1.82) is 0 Å². The fraction of sp³-hybridized carbons (Fsp3) is 0.138. The molecule has 8 nitrogen and oxygen atoms in total. The molecule has 1 atom stereocenters. The number of ether oxygens (including phenoxy) is 1. The second kappa shape index (κ2) is 10.4. The molecule has 5 rings (SSSR count). The number of H-pyrrole nitrogens is 1. The number of aromatic nitrogens is 2. The van der Waals surface area contributed by atoms with E-state index >= 15 is 0 Å². The van der Waals surface area contributed by atoms with Gasteiger partial charge in [-0.05, 0) is 52.2 Å². The van der Waals surface area contributed by atoms with E-state index < -0.39 is 6.04 Å². The molecular formula is C29H27N5O3. The summed E-state index contributed by atoms with van der Waals surface area (Å²) in [7, 11) is 1.60. The molecule has 3 aromatic carbocycles. The average molecular weight is 494 g/mol. The minimum atomic E-state index is -0.805. The first kappa shape index (κ1) is 23.9. The molecule has 5 aromatic rings. The van der Waals surface area contributed by atoms with Crippen LogP contribution >= 0.6 is 0 Å². The van der Waals surface area contributed by atoms with Gasteiger partial charge in [-0.2, -0.15) is 0 Å². The molecule has 0 bridgehead atoms. The summed E-state index contributed by atoms with van der Waals surface area (Å²) in [6.45, 7) is 0.264. The van der Waals surface area contributed by atoms with Gasteiger partial charge >= 0.3 is 0 Å². The number of anilines is 1. The van der Waals surface area contributed by atoms with Gasteiger partial charge in [0.05, 0.1) is 7.11 Å². The lowest BCUT2D eigenvalue weighted by Gasteiger charge is -2.19. The average Bonchev–Trinajstić information content (AvgIpc) is 3.36. The third kappa shape index (κ3) is 5.38. The fourth-order valence-corrected chi connectivity index (χ4v) is 4.35. The molecule has 0 spiro atoms. The van der Waals surface area contributed by atoms with Crippen LogP contribution in [0.1, 0.15) is 21.6 Å². The van der Waals surface area contributed by atoms with Crippen LogP contribution in [0.5, 0.6) is 5.75 Å². The number of nitrogens with one attached hydrogen (secondary N) is 3. The Morgan fingerprint density at radius 3 is 2.65 bits per heavy atom. The van der Waals surface area contributed by atoms with Gasteiger partial charge in [0.1, 0.15) is 23.3 Å². The summed E-state index contributed by atoms with van der Waals surface area (Å²) >= 11 is 0. The summed E-state index contributed by atoms with van der Waals surface area (Å²) in [6, 6.07) is 23.9. The summed E-state index contributed by atoms with van der Waals surface area (Å²) in [5, 5.41) is 8.81. The summed E-state index contributed by atoms with van der Waals surface area (Å²) in [4.78, 5) is 33.8. The molecule has 0 aliphatic carbocycles. The number of nitrogens with zero attached hydrogens (tertiary/aromatic N) is 1. The number of methoxy groups -OCH3 is 1. The maximum absolute atomic E-state index is 13.3. The topological polar surface area (TPSA) is 122 Å². The number of hydrogen-bond acceptors (Lipinski definition) is 5. The van der Waals surface area contributed by atoms with E-state index in [0.717, 1.165) is 32.8 Å². The van der Waals surface area contributed by atoms with Crippen LogP contribution in [0.15, 0.2) is 85.1 Å². The van der Waals surface area contributed by atoms with Crippen molar-refractivity contribution in [2.24, 2.45) is 0 Å². The van der Waals surface area contributed by atoms with E-state index in [2.05, 4.69) is 20.6 Å². The number of fused-ring (bicyclic) bond motifs is 2. The molecule has 0 unspecified atom stereocenters. The van der Waals surface area contributed by atoms with E-state index in [1.165, 1.54) is 0 Å². The summed E-state index contributed by atoms with van der Waals surface area (Å²) < 4.78 is 5.28. The van der Waals surface area contributed by atoms with E-state index in [1.807, 2.05) is 60.7 Å². The van der Waals surface area contributed by atoms with E-state index in [-0.39, 0.29) is 18.4 Å². The van der Waals surface area contributed by atoms with Gasteiger partial charge in [-0.25, -0.2) is 4.98 Å². The minimum absolute atomic E-state index is 0.264. The van der Waals surface area contributed by atoms with Gasteiger partial charge in [-0.15, -0.1) is 0 Å². The molecule has 0 aliphatic rings. The van der Waals surface area contributed by atoms with Crippen LogP contribution in [0.3, 0.4) is 0 Å². The van der Waals surface area contributed by atoms with Gasteiger partial charge in [0.25, 0.3) is 5.91 Å². The van der Waals surface area contributed by atoms with Crippen molar-refractivity contribution in [3.8, 4) is 5.75 Å². The molecule has 2 heterocycles. The van der Waals surface area contributed by atoms with E-state index in [1.54, 1.807) is 31.5 Å². The number of rotatable bonds is 8. The standard InChI is InChI=1S/C29H27N5O3/c1-37-22-10-11-24-21(13-22)15-26(33-24)29(36)34-25(28(35)32-17-18-9-12-27(30)31-16-18)14-20-7-4-6-19-5-2-3-8-23(19)20/h2-13,15-16,25,33H,14,17H2,1H3,(H2,30,31)(H,32,35)(H,34,36)/t25-/m0/s1. The molecular weight excluding hydrogens is 466 g/mol. The number of pyridine rings is 1. The van der Waals surface area contributed by atoms with Crippen LogP contribution < -0.4 is 21.1 Å². The Balaban J connectivity index is 1.40. The third-order valence-corrected chi connectivity index (χ3v) is 6.31. The predicted octanol–water partition coefficient (Wildman–Crippen LogP) is 3.96. The zero-order valence-corrected chi connectivity index (χ0v) is 20.3. The number of benzene rings is 3. The van der Waals surface area contributed by atoms with Crippen molar-refractivity contribution in [2.75, 3.05) is 12.8 Å². The van der Waals surface area contributed by atoms with Gasteiger partial charge in [0.15, 0.2) is 0 Å². The molecule has 2 amide bonds. The second-order valence-electron chi connectivity index (χ2n) is 8.81. The Morgan fingerprint density at radius 1 is 1.00 bits per heavy atom. The smallest absolute Gasteiger partial charge is 0.268 e. The molecule has 0 fully saturated rings. The second-order valence-corrected chi connectivity index (χ2v) is 8.81. The van der Waals surface area contributed by atoms with Gasteiger partial charge < -0.3 is 26.1 Å². The number of nitrogen functional groups attached to an aromatic ring is 1. The van der Waals surface area contributed by atoms with Crippen LogP contribution in [0.2, 0.25) is 0 Å². The van der Waals surface area contributed by atoms with E-state index in [0.29, 0.717) is 23.7 Å². The summed E-state index contributed by atoms with van der Waals surface area (Å²) in [6.07, 6.45) is 1.94. The molecule has 0 saturated heterocycles. The SMILES string of the molecule is COc1ccc2[nH]c(C(=O)N[C@@H](Cc3cccc4ccccc34)C(=O)NCc3ccc(N)nc3)cc2c1. The molecule has 2 aromatic heterocycles. The molecule has 37 heavy (non-hydrogen) atoms. The van der Waals surface area contributed by atoms with Crippen molar-refractivity contribution in [3.63, 3.8) is 0 Å². The van der Waals surface area contributed by atoms with Gasteiger partial charge in [0.2, 0.25) is 5.91 Å². The van der Waals surface area contributed by atoms with E-state index in [9.17, 15) is 9.59 Å². The zero-order chi connectivity index (χ0) is 25.8. The third-order valence-electron chi connectivity index (χ3n) is 6.31. The van der Waals surface area contributed by atoms with Crippen molar-refractivity contribution in [1.82, 2.24) is 20.6 Å². The van der Waals surface area contributed by atoms with Crippen molar-refractivity contribution in [2.45, 2.75) is 19.0 Å². The number of nitrogens with two attached hydrogens (primary N) is 1. The number of hydrogen-bond donors (Lipinski definition) is 4. The Bertz CT molecular complexity index is 1570. The highest BCUT2D eigenvalue weighted by Gasteiger charge is 2.23. The Morgan fingerprint density at radius 2 is 1.84 bits per heavy atom. The van der Waals surface area contributed by atoms with Crippen molar-refractivity contribution in [3.05, 3.63) is 102 Å². The number of amides is 2. The lowest BCUT2D eigenvalue weighted by Crippen LogP contribution is -2.48. The van der Waals surface area contributed by atoms with Crippen LogP contribution in [0.4, 0.5) is 5.82 Å². The first-order valence-electron chi connectivity index (χ1n) is 11.9. The highest BCUT2D eigenvalue weighted by Crippen LogP contribution is 2.22. The van der Waals surface area contributed by atoms with Gasteiger partial charge in [0, 0.05) is 30.1 Å². The number of aromatic amines is 1. The number of carbonyl (C=O) groups excluding carboxylic acids is 2. The van der Waals surface area contributed by atoms with Gasteiger partial charge in [-0.3, -0.25) is 9.59 Å². The lowest BCUT2D eigenvalue weighted by atomic mass is 9.98. The normalized spacial score (nSPS) is 11.8. The molecule has 0 aliphatic heterocycles.